The standard InChI is InChI=1S/C28H23N3O2S/c1-2-33-23-15-13-22(14-16-23)31-17-24(20-9-5-3-6-10-20)26-27(31)29-19-30-28(26)34-18-25(32)21-11-7-4-8-12-21/h3-17,19H,2,18H2,1H3. The van der Waals surface area contributed by atoms with Crippen LogP contribution in [0.25, 0.3) is 27.8 Å². The zero-order valence-electron chi connectivity index (χ0n) is 18.7. The van der Waals surface area contributed by atoms with Crippen molar-refractivity contribution in [3.63, 3.8) is 0 Å². The van der Waals surface area contributed by atoms with Gasteiger partial charge in [-0.1, -0.05) is 72.4 Å². The van der Waals surface area contributed by atoms with E-state index >= 15 is 0 Å². The lowest BCUT2D eigenvalue weighted by Gasteiger charge is -2.08. The van der Waals surface area contributed by atoms with Gasteiger partial charge >= 0.3 is 0 Å². The molecule has 6 heteroatoms. The third-order valence-electron chi connectivity index (χ3n) is 5.49. The van der Waals surface area contributed by atoms with E-state index in [1.54, 1.807) is 6.33 Å². The Bertz CT molecular complexity index is 1420. The summed E-state index contributed by atoms with van der Waals surface area (Å²) in [5, 5.41) is 1.73. The van der Waals surface area contributed by atoms with Gasteiger partial charge in [-0.25, -0.2) is 9.97 Å². The van der Waals surface area contributed by atoms with Crippen molar-refractivity contribution < 1.29 is 9.53 Å². The molecule has 0 aliphatic carbocycles. The fourth-order valence-electron chi connectivity index (χ4n) is 3.89. The molecule has 0 fully saturated rings. The molecule has 3 aromatic carbocycles. The maximum Gasteiger partial charge on any atom is 0.173 e. The molecule has 0 saturated carbocycles. The summed E-state index contributed by atoms with van der Waals surface area (Å²) in [7, 11) is 0. The second-order valence-corrected chi connectivity index (χ2v) is 8.63. The molecule has 0 spiro atoms. The quantitative estimate of drug-likeness (QED) is 0.149. The third kappa shape index (κ3) is 4.45. The molecular weight excluding hydrogens is 442 g/mol. The smallest absolute Gasteiger partial charge is 0.173 e. The Labute approximate surface area is 202 Å². The van der Waals surface area contributed by atoms with Gasteiger partial charge in [0, 0.05) is 23.0 Å². The normalized spacial score (nSPS) is 11.0. The number of benzene rings is 3. The number of ketones is 1. The summed E-state index contributed by atoms with van der Waals surface area (Å²) in [6.45, 7) is 2.59. The van der Waals surface area contributed by atoms with Crippen molar-refractivity contribution in [3.8, 4) is 22.6 Å². The van der Waals surface area contributed by atoms with E-state index in [9.17, 15) is 4.79 Å². The van der Waals surface area contributed by atoms with Crippen LogP contribution in [0, 0.1) is 0 Å². The number of hydrogen-bond acceptors (Lipinski definition) is 5. The monoisotopic (exact) mass is 465 g/mol. The van der Waals surface area contributed by atoms with E-state index in [1.165, 1.54) is 11.8 Å². The minimum atomic E-state index is 0.0737. The minimum Gasteiger partial charge on any atom is -0.494 e. The van der Waals surface area contributed by atoms with E-state index in [2.05, 4.69) is 32.9 Å². The zero-order chi connectivity index (χ0) is 23.3. The van der Waals surface area contributed by atoms with Crippen LogP contribution in [0.3, 0.4) is 0 Å². The highest BCUT2D eigenvalue weighted by molar-refractivity contribution is 8.00. The minimum absolute atomic E-state index is 0.0737. The summed E-state index contributed by atoms with van der Waals surface area (Å²) >= 11 is 1.45. The lowest BCUT2D eigenvalue weighted by atomic mass is 10.1. The van der Waals surface area contributed by atoms with Gasteiger partial charge in [-0.05, 0) is 36.8 Å². The highest BCUT2D eigenvalue weighted by Crippen LogP contribution is 2.37. The van der Waals surface area contributed by atoms with E-state index in [4.69, 9.17) is 4.74 Å². The number of carbonyl (C=O) groups excluding carboxylic acids is 1. The molecular formula is C28H23N3O2S. The Kier molecular flexibility index (Phi) is 6.40. The molecule has 0 unspecified atom stereocenters. The summed E-state index contributed by atoms with van der Waals surface area (Å²) in [5.74, 6) is 1.21. The maximum atomic E-state index is 12.7. The molecule has 5 rings (SSSR count). The van der Waals surface area contributed by atoms with Gasteiger partial charge in [0.05, 0.1) is 17.7 Å². The van der Waals surface area contributed by atoms with Crippen molar-refractivity contribution in [2.45, 2.75) is 11.9 Å². The molecule has 2 heterocycles. The van der Waals surface area contributed by atoms with Gasteiger partial charge in [-0.2, -0.15) is 0 Å². The van der Waals surface area contributed by atoms with E-state index in [0.29, 0.717) is 17.9 Å². The number of carbonyl (C=O) groups is 1. The zero-order valence-corrected chi connectivity index (χ0v) is 19.5. The number of hydrogen-bond donors (Lipinski definition) is 0. The number of thioether (sulfide) groups is 1. The fraction of sp³-hybridized carbons (Fsp3) is 0.107. The molecule has 0 radical (unpaired) electrons. The number of fused-ring (bicyclic) bond motifs is 1. The van der Waals surface area contributed by atoms with Gasteiger partial charge in [0.25, 0.3) is 0 Å². The third-order valence-corrected chi connectivity index (χ3v) is 6.48. The average molecular weight is 466 g/mol. The molecule has 0 bridgehead atoms. The second-order valence-electron chi connectivity index (χ2n) is 7.66. The highest BCUT2D eigenvalue weighted by atomic mass is 32.2. The number of Topliss-reactive ketones (excluding diaryl/α,β-unsaturated/α-hetero) is 1. The van der Waals surface area contributed by atoms with Crippen LogP contribution in [0.1, 0.15) is 17.3 Å². The van der Waals surface area contributed by atoms with Crippen LogP contribution in [0.15, 0.2) is 102 Å². The number of aromatic nitrogens is 3. The van der Waals surface area contributed by atoms with E-state index in [0.717, 1.165) is 38.6 Å². The fourth-order valence-corrected chi connectivity index (χ4v) is 4.79. The molecule has 0 saturated heterocycles. The molecule has 0 amide bonds. The number of ether oxygens (including phenoxy) is 1. The van der Waals surface area contributed by atoms with E-state index in [1.807, 2.05) is 79.7 Å². The summed E-state index contributed by atoms with van der Waals surface area (Å²) < 4.78 is 7.67. The van der Waals surface area contributed by atoms with Crippen LogP contribution >= 0.6 is 11.8 Å². The van der Waals surface area contributed by atoms with Gasteiger partial charge in [-0.15, -0.1) is 0 Å². The van der Waals surface area contributed by atoms with Gasteiger partial charge in [0.1, 0.15) is 22.7 Å². The first-order valence-electron chi connectivity index (χ1n) is 11.1. The first-order valence-corrected chi connectivity index (χ1v) is 12.1. The Morgan fingerprint density at radius 3 is 2.32 bits per heavy atom. The molecule has 0 atom stereocenters. The summed E-state index contributed by atoms with van der Waals surface area (Å²) in [6.07, 6.45) is 3.66. The largest absolute Gasteiger partial charge is 0.494 e. The summed E-state index contributed by atoms with van der Waals surface area (Å²) in [4.78, 5) is 21.9. The van der Waals surface area contributed by atoms with Crippen LogP contribution in [-0.4, -0.2) is 32.7 Å². The predicted molar refractivity (Wildman–Crippen MR) is 137 cm³/mol. The maximum absolute atomic E-state index is 12.7. The van der Waals surface area contributed by atoms with Crippen molar-refractivity contribution in [1.82, 2.24) is 14.5 Å². The van der Waals surface area contributed by atoms with E-state index in [-0.39, 0.29) is 5.78 Å². The molecule has 0 aliphatic heterocycles. The van der Waals surface area contributed by atoms with Gasteiger partial charge < -0.3 is 9.30 Å². The van der Waals surface area contributed by atoms with Gasteiger partial charge in [0.2, 0.25) is 0 Å². The second kappa shape index (κ2) is 9.93. The van der Waals surface area contributed by atoms with Crippen molar-refractivity contribution >= 4 is 28.6 Å². The first-order chi connectivity index (χ1) is 16.7. The van der Waals surface area contributed by atoms with Crippen molar-refractivity contribution in [3.05, 3.63) is 103 Å². The Balaban J connectivity index is 1.58. The molecule has 2 aromatic heterocycles. The Morgan fingerprint density at radius 2 is 1.62 bits per heavy atom. The van der Waals surface area contributed by atoms with Crippen LogP contribution < -0.4 is 4.74 Å². The molecule has 0 aliphatic rings. The summed E-state index contributed by atoms with van der Waals surface area (Å²) in [6, 6.07) is 27.5. The summed E-state index contributed by atoms with van der Waals surface area (Å²) in [5.41, 5.74) is 4.58. The first kappa shape index (κ1) is 21.9. The number of nitrogens with zero attached hydrogens (tertiary/aromatic N) is 3. The lowest BCUT2D eigenvalue weighted by molar-refractivity contribution is 0.102. The van der Waals surface area contributed by atoms with Gasteiger partial charge in [-0.3, -0.25) is 4.79 Å². The van der Waals surface area contributed by atoms with Crippen LogP contribution in [0.5, 0.6) is 5.75 Å². The van der Waals surface area contributed by atoms with Crippen LogP contribution in [0.4, 0.5) is 0 Å². The topological polar surface area (TPSA) is 57.0 Å². The van der Waals surface area contributed by atoms with Crippen molar-refractivity contribution in [2.75, 3.05) is 12.4 Å². The SMILES string of the molecule is CCOc1ccc(-n2cc(-c3ccccc3)c3c(SCC(=O)c4ccccc4)ncnc32)cc1. The molecule has 5 aromatic rings. The lowest BCUT2D eigenvalue weighted by Crippen LogP contribution is -2.02. The molecule has 5 nitrogen and oxygen atoms in total. The van der Waals surface area contributed by atoms with Crippen molar-refractivity contribution in [1.29, 1.82) is 0 Å². The highest BCUT2D eigenvalue weighted by Gasteiger charge is 2.18. The molecule has 168 valence electrons. The molecule has 34 heavy (non-hydrogen) atoms. The number of rotatable bonds is 8. The van der Waals surface area contributed by atoms with Crippen molar-refractivity contribution in [2.24, 2.45) is 0 Å². The average Bonchev–Trinajstić information content (AvgIpc) is 3.29. The van der Waals surface area contributed by atoms with Gasteiger partial charge in [0.15, 0.2) is 5.78 Å². The molecule has 0 N–H and O–H groups in total. The predicted octanol–water partition coefficient (Wildman–Crippen LogP) is 6.46. The Hall–Kier alpha value is -3.90. The van der Waals surface area contributed by atoms with Crippen LogP contribution in [-0.2, 0) is 0 Å². The van der Waals surface area contributed by atoms with E-state index < -0.39 is 0 Å². The Morgan fingerprint density at radius 1 is 0.912 bits per heavy atom. The van der Waals surface area contributed by atoms with Crippen LogP contribution in [0.2, 0.25) is 0 Å².